The Kier molecular flexibility index (Phi) is 3.18. The van der Waals surface area contributed by atoms with Gasteiger partial charge >= 0.3 is 8.17 Å². The standard InChI is InChI=1S/C18H13N2O4P/c21-25(22-13-6-2-1-3-7-13)23-17-10-11-20-15-9-5-4-8-14(15)19-12-16(20)18(17)24-25/h1-12,17H/t17-,25?/m1/s1. The molecule has 0 amide bonds. The number of phosphoric acid groups is 1. The van der Waals surface area contributed by atoms with Gasteiger partial charge in [0.2, 0.25) is 5.76 Å². The van der Waals surface area contributed by atoms with Gasteiger partial charge in [-0.05, 0) is 30.3 Å². The maximum atomic E-state index is 12.9. The summed E-state index contributed by atoms with van der Waals surface area (Å²) in [7, 11) is -3.74. The lowest BCUT2D eigenvalue weighted by Crippen LogP contribution is -2.27. The summed E-state index contributed by atoms with van der Waals surface area (Å²) in [6.07, 6.45) is 4.80. The maximum absolute atomic E-state index is 12.9. The molecule has 1 unspecified atom stereocenters. The molecule has 3 aliphatic heterocycles. The van der Waals surface area contributed by atoms with Gasteiger partial charge < -0.3 is 9.79 Å². The molecule has 0 radical (unpaired) electrons. The van der Waals surface area contributed by atoms with Crippen LogP contribution < -0.4 is 14.3 Å². The summed E-state index contributed by atoms with van der Waals surface area (Å²) < 4.78 is 16.7. The lowest BCUT2D eigenvalue weighted by atomic mass is 10.1. The zero-order valence-electron chi connectivity index (χ0n) is 13.0. The second kappa shape index (κ2) is 5.43. The molecule has 0 bridgehead atoms. The zero-order valence-corrected chi connectivity index (χ0v) is 13.9. The minimum Gasteiger partial charge on any atom is -0.591 e. The summed E-state index contributed by atoms with van der Waals surface area (Å²) in [5.41, 5.74) is 2.48. The van der Waals surface area contributed by atoms with Gasteiger partial charge in [-0.2, -0.15) is 4.52 Å². The van der Waals surface area contributed by atoms with Crippen molar-refractivity contribution in [2.45, 2.75) is 6.10 Å². The maximum Gasteiger partial charge on any atom is 0.473 e. The molecular formula is C18H13N2O4P. The smallest absolute Gasteiger partial charge is 0.473 e. The van der Waals surface area contributed by atoms with E-state index in [-0.39, 0.29) is 0 Å². The molecule has 2 aromatic carbocycles. The fourth-order valence-corrected chi connectivity index (χ4v) is 4.34. The first-order valence-electron chi connectivity index (χ1n) is 7.79. The van der Waals surface area contributed by atoms with E-state index in [0.717, 1.165) is 11.4 Å². The number of nitrogens with zero attached hydrogens (tertiary/aromatic N) is 2. The SMILES string of the molecule is [O-][P+]1(Oc2ccccc2)OC2=C3C=Nc4ccccc4N3C=C[C@H]2O1. The van der Waals surface area contributed by atoms with Crippen molar-refractivity contribution in [2.24, 2.45) is 4.99 Å². The Morgan fingerprint density at radius 3 is 2.76 bits per heavy atom. The molecule has 3 aliphatic rings. The summed E-state index contributed by atoms with van der Waals surface area (Å²) in [6, 6.07) is 16.6. The lowest BCUT2D eigenvalue weighted by Gasteiger charge is -2.29. The lowest BCUT2D eigenvalue weighted by molar-refractivity contribution is -0.227. The molecule has 124 valence electrons. The van der Waals surface area contributed by atoms with Gasteiger partial charge in [0.1, 0.15) is 5.70 Å². The van der Waals surface area contributed by atoms with Crippen LogP contribution >= 0.6 is 8.17 Å². The van der Waals surface area contributed by atoms with E-state index in [2.05, 4.69) is 4.99 Å². The van der Waals surface area contributed by atoms with Crippen molar-refractivity contribution >= 4 is 25.8 Å². The van der Waals surface area contributed by atoms with Crippen LogP contribution in [0.15, 0.2) is 83.3 Å². The summed E-state index contributed by atoms with van der Waals surface area (Å²) in [5, 5.41) is 0. The molecule has 2 atom stereocenters. The highest BCUT2D eigenvalue weighted by Gasteiger charge is 2.52. The van der Waals surface area contributed by atoms with E-state index in [1.807, 2.05) is 41.4 Å². The molecule has 0 N–H and O–H groups in total. The van der Waals surface area contributed by atoms with Crippen LogP contribution in [0.1, 0.15) is 0 Å². The molecule has 0 aromatic heterocycles. The first-order chi connectivity index (χ1) is 12.2. The van der Waals surface area contributed by atoms with Gasteiger partial charge in [-0.1, -0.05) is 30.3 Å². The predicted octanol–water partition coefficient (Wildman–Crippen LogP) is 3.48. The highest BCUT2D eigenvalue weighted by Crippen LogP contribution is 2.63. The number of hydrogen-bond acceptors (Lipinski definition) is 6. The molecule has 1 fully saturated rings. The minimum absolute atomic E-state index is 0.429. The summed E-state index contributed by atoms with van der Waals surface area (Å²) >= 11 is 0. The van der Waals surface area contributed by atoms with Crippen molar-refractivity contribution in [3.05, 3.63) is 78.3 Å². The summed E-state index contributed by atoms with van der Waals surface area (Å²) in [4.78, 5) is 19.3. The molecular weight excluding hydrogens is 339 g/mol. The zero-order chi connectivity index (χ0) is 16.9. The Bertz CT molecular complexity index is 928. The van der Waals surface area contributed by atoms with Crippen molar-refractivity contribution in [3.8, 4) is 5.75 Å². The number of aliphatic imine (C=N–C) groups is 1. The summed E-state index contributed by atoms with van der Waals surface area (Å²) in [5.74, 6) is 0.874. The van der Waals surface area contributed by atoms with Gasteiger partial charge in [0.25, 0.3) is 0 Å². The fraction of sp³-hybridized carbons (Fsp3) is 0.0556. The van der Waals surface area contributed by atoms with Crippen LogP contribution in [0.3, 0.4) is 0 Å². The molecule has 0 saturated carbocycles. The number of benzene rings is 2. The summed E-state index contributed by atoms with van der Waals surface area (Å²) in [6.45, 7) is 0. The van der Waals surface area contributed by atoms with Gasteiger partial charge in [-0.25, -0.2) is 0 Å². The van der Waals surface area contributed by atoms with Crippen LogP contribution in [0.5, 0.6) is 5.75 Å². The van der Waals surface area contributed by atoms with E-state index in [0.29, 0.717) is 17.2 Å². The Morgan fingerprint density at radius 2 is 1.88 bits per heavy atom. The van der Waals surface area contributed by atoms with E-state index in [4.69, 9.17) is 13.6 Å². The molecule has 6 nitrogen and oxygen atoms in total. The van der Waals surface area contributed by atoms with Crippen molar-refractivity contribution in [1.29, 1.82) is 0 Å². The number of phosphoric ester groups is 1. The van der Waals surface area contributed by atoms with E-state index in [1.165, 1.54) is 0 Å². The third kappa shape index (κ3) is 2.43. The van der Waals surface area contributed by atoms with Crippen molar-refractivity contribution < 1.29 is 18.5 Å². The second-order valence-electron chi connectivity index (χ2n) is 5.68. The van der Waals surface area contributed by atoms with Crippen LogP contribution in [-0.2, 0) is 9.05 Å². The highest BCUT2D eigenvalue weighted by atomic mass is 31.2. The largest absolute Gasteiger partial charge is 0.591 e. The van der Waals surface area contributed by atoms with Crippen LogP contribution in [0.2, 0.25) is 0 Å². The Hall–Kier alpha value is -2.66. The second-order valence-corrected chi connectivity index (χ2v) is 7.15. The van der Waals surface area contributed by atoms with Crippen molar-refractivity contribution in [2.75, 3.05) is 4.90 Å². The van der Waals surface area contributed by atoms with E-state index in [9.17, 15) is 4.89 Å². The molecule has 25 heavy (non-hydrogen) atoms. The number of para-hydroxylation sites is 3. The fourth-order valence-electron chi connectivity index (χ4n) is 2.95. The molecule has 0 aliphatic carbocycles. The molecule has 3 heterocycles. The normalized spacial score (nSPS) is 26.0. The van der Waals surface area contributed by atoms with Gasteiger partial charge in [0, 0.05) is 6.20 Å². The van der Waals surface area contributed by atoms with E-state index >= 15 is 0 Å². The van der Waals surface area contributed by atoms with Gasteiger partial charge in [-0.15, -0.1) is 0 Å². The topological polar surface area (TPSA) is 66.3 Å². The quantitative estimate of drug-likeness (QED) is 0.774. The number of allylic oxidation sites excluding steroid dienone is 1. The van der Waals surface area contributed by atoms with Gasteiger partial charge in [0.05, 0.1) is 17.6 Å². The number of hydrogen-bond donors (Lipinski definition) is 0. The molecule has 5 rings (SSSR count). The average molecular weight is 352 g/mol. The predicted molar refractivity (Wildman–Crippen MR) is 93.2 cm³/mol. The van der Waals surface area contributed by atoms with Crippen molar-refractivity contribution in [1.82, 2.24) is 0 Å². The Morgan fingerprint density at radius 1 is 1.08 bits per heavy atom. The van der Waals surface area contributed by atoms with Gasteiger partial charge in [0.15, 0.2) is 11.9 Å². The monoisotopic (exact) mass is 352 g/mol. The molecule has 1 saturated heterocycles. The van der Waals surface area contributed by atoms with Crippen LogP contribution in [0.4, 0.5) is 11.4 Å². The van der Waals surface area contributed by atoms with Crippen LogP contribution in [-0.4, -0.2) is 12.3 Å². The minimum atomic E-state index is -3.74. The molecule has 7 heteroatoms. The van der Waals surface area contributed by atoms with Crippen LogP contribution in [0, 0.1) is 0 Å². The number of anilines is 1. The van der Waals surface area contributed by atoms with Gasteiger partial charge in [-0.3, -0.25) is 14.0 Å². The van der Waals surface area contributed by atoms with E-state index < -0.39 is 14.3 Å². The van der Waals surface area contributed by atoms with E-state index in [1.54, 1.807) is 36.6 Å². The van der Waals surface area contributed by atoms with Crippen LogP contribution in [0.25, 0.3) is 0 Å². The molecule has 0 spiro atoms. The third-order valence-corrected chi connectivity index (χ3v) is 5.40. The average Bonchev–Trinajstić information content (AvgIpc) is 2.98. The first-order valence-corrected chi connectivity index (χ1v) is 9.25. The Balaban J connectivity index is 1.50. The molecule has 2 aromatic rings. The number of fused-ring (bicyclic) bond motifs is 4. The number of rotatable bonds is 2. The van der Waals surface area contributed by atoms with Crippen molar-refractivity contribution in [3.63, 3.8) is 0 Å². The highest BCUT2D eigenvalue weighted by molar-refractivity contribution is 7.54. The Labute approximate surface area is 145 Å². The first kappa shape index (κ1) is 14.7. The third-order valence-electron chi connectivity index (χ3n) is 4.06.